The van der Waals surface area contributed by atoms with Gasteiger partial charge in [-0.25, -0.2) is 4.39 Å². The monoisotopic (exact) mass is 195 g/mol. The van der Waals surface area contributed by atoms with E-state index in [-0.39, 0.29) is 11.8 Å². The van der Waals surface area contributed by atoms with Crippen LogP contribution in [0.1, 0.15) is 0 Å². The SMILES string of the molecule is Nc1nsc(-c2ccccc2F)n1. The van der Waals surface area contributed by atoms with Crippen LogP contribution in [0, 0.1) is 5.82 Å². The van der Waals surface area contributed by atoms with Crippen LogP contribution in [-0.2, 0) is 0 Å². The van der Waals surface area contributed by atoms with Gasteiger partial charge in [0, 0.05) is 5.56 Å². The van der Waals surface area contributed by atoms with E-state index >= 15 is 0 Å². The summed E-state index contributed by atoms with van der Waals surface area (Å²) in [5.41, 5.74) is 5.77. The summed E-state index contributed by atoms with van der Waals surface area (Å²) in [5, 5.41) is 0.510. The fraction of sp³-hybridized carbons (Fsp3) is 0. The predicted molar refractivity (Wildman–Crippen MR) is 49.7 cm³/mol. The lowest BCUT2D eigenvalue weighted by molar-refractivity contribution is 0.631. The van der Waals surface area contributed by atoms with Gasteiger partial charge >= 0.3 is 0 Å². The fourth-order valence-corrected chi connectivity index (χ4v) is 1.60. The van der Waals surface area contributed by atoms with E-state index in [2.05, 4.69) is 9.36 Å². The molecule has 2 N–H and O–H groups in total. The van der Waals surface area contributed by atoms with Crippen molar-refractivity contribution >= 4 is 17.5 Å². The Morgan fingerprint density at radius 3 is 2.69 bits per heavy atom. The van der Waals surface area contributed by atoms with Crippen LogP contribution in [0.2, 0.25) is 0 Å². The Bertz CT molecular complexity index is 427. The predicted octanol–water partition coefficient (Wildman–Crippen LogP) is 1.93. The van der Waals surface area contributed by atoms with Crippen molar-refractivity contribution in [3.8, 4) is 10.6 Å². The van der Waals surface area contributed by atoms with Crippen molar-refractivity contribution in [1.82, 2.24) is 9.36 Å². The van der Waals surface area contributed by atoms with Gasteiger partial charge in [0.1, 0.15) is 10.8 Å². The summed E-state index contributed by atoms with van der Waals surface area (Å²) in [4.78, 5) is 3.89. The molecule has 0 amide bonds. The normalized spacial score (nSPS) is 10.2. The first-order valence-corrected chi connectivity index (χ1v) is 4.39. The number of nitrogens with zero attached hydrogens (tertiary/aromatic N) is 2. The molecular weight excluding hydrogens is 189 g/mol. The first-order chi connectivity index (χ1) is 6.27. The maximum atomic E-state index is 13.2. The summed E-state index contributed by atoms with van der Waals surface area (Å²) >= 11 is 1.09. The van der Waals surface area contributed by atoms with Crippen LogP contribution in [0.25, 0.3) is 10.6 Å². The third kappa shape index (κ3) is 1.50. The molecule has 0 aliphatic heterocycles. The molecule has 2 aromatic rings. The lowest BCUT2D eigenvalue weighted by Crippen LogP contribution is -1.86. The van der Waals surface area contributed by atoms with Crippen LogP contribution in [0.15, 0.2) is 24.3 Å². The van der Waals surface area contributed by atoms with Crippen molar-refractivity contribution < 1.29 is 4.39 Å². The largest absolute Gasteiger partial charge is 0.367 e. The highest BCUT2D eigenvalue weighted by molar-refractivity contribution is 7.09. The molecule has 13 heavy (non-hydrogen) atoms. The van der Waals surface area contributed by atoms with E-state index in [1.54, 1.807) is 18.2 Å². The van der Waals surface area contributed by atoms with Crippen molar-refractivity contribution in [2.45, 2.75) is 0 Å². The molecule has 0 bridgehead atoms. The number of anilines is 1. The van der Waals surface area contributed by atoms with Gasteiger partial charge in [0.15, 0.2) is 0 Å². The number of hydrogen-bond donors (Lipinski definition) is 1. The van der Waals surface area contributed by atoms with Gasteiger partial charge in [0.2, 0.25) is 5.95 Å². The molecule has 0 saturated heterocycles. The number of benzene rings is 1. The summed E-state index contributed by atoms with van der Waals surface area (Å²) in [7, 11) is 0. The average Bonchev–Trinajstić information content (AvgIpc) is 2.53. The molecule has 1 heterocycles. The van der Waals surface area contributed by atoms with Gasteiger partial charge in [0.05, 0.1) is 0 Å². The standard InChI is InChI=1S/C8H6FN3S/c9-6-4-2-1-3-5(6)7-11-8(10)12-13-7/h1-4H,(H2,10,12). The molecule has 0 unspecified atom stereocenters. The molecule has 0 atom stereocenters. The average molecular weight is 195 g/mol. The molecule has 0 radical (unpaired) electrons. The van der Waals surface area contributed by atoms with Gasteiger partial charge in [-0.2, -0.15) is 9.36 Å². The third-order valence-electron chi connectivity index (χ3n) is 1.55. The van der Waals surface area contributed by atoms with E-state index in [4.69, 9.17) is 5.73 Å². The molecule has 66 valence electrons. The minimum absolute atomic E-state index is 0.184. The van der Waals surface area contributed by atoms with E-state index < -0.39 is 0 Å². The van der Waals surface area contributed by atoms with Crippen LogP contribution >= 0.6 is 11.5 Å². The van der Waals surface area contributed by atoms with Crippen molar-refractivity contribution in [3.05, 3.63) is 30.1 Å². The minimum Gasteiger partial charge on any atom is -0.367 e. The van der Waals surface area contributed by atoms with Crippen molar-refractivity contribution in [3.63, 3.8) is 0 Å². The maximum Gasteiger partial charge on any atom is 0.232 e. The summed E-state index contributed by atoms with van der Waals surface area (Å²) < 4.78 is 17.0. The zero-order valence-corrected chi connectivity index (χ0v) is 7.38. The van der Waals surface area contributed by atoms with Gasteiger partial charge in [-0.3, -0.25) is 0 Å². The van der Waals surface area contributed by atoms with Crippen LogP contribution in [-0.4, -0.2) is 9.36 Å². The molecule has 5 heteroatoms. The van der Waals surface area contributed by atoms with Gasteiger partial charge in [0.25, 0.3) is 0 Å². The van der Waals surface area contributed by atoms with Crippen molar-refractivity contribution in [2.75, 3.05) is 5.73 Å². The molecule has 0 spiro atoms. The Hall–Kier alpha value is -1.49. The van der Waals surface area contributed by atoms with E-state index in [1.807, 2.05) is 0 Å². The first-order valence-electron chi connectivity index (χ1n) is 3.61. The fourth-order valence-electron chi connectivity index (χ4n) is 0.979. The van der Waals surface area contributed by atoms with Crippen LogP contribution < -0.4 is 5.73 Å². The molecule has 2 rings (SSSR count). The second-order valence-corrected chi connectivity index (χ2v) is 3.19. The summed E-state index contributed by atoms with van der Waals surface area (Å²) in [6.07, 6.45) is 0. The van der Waals surface area contributed by atoms with Gasteiger partial charge < -0.3 is 5.73 Å². The van der Waals surface area contributed by atoms with E-state index in [0.717, 1.165) is 11.5 Å². The first kappa shape index (κ1) is 8.12. The molecule has 1 aromatic carbocycles. The number of nitrogens with two attached hydrogens (primary N) is 1. The molecule has 0 aliphatic carbocycles. The highest BCUT2D eigenvalue weighted by Crippen LogP contribution is 2.24. The molecule has 0 fully saturated rings. The lowest BCUT2D eigenvalue weighted by Gasteiger charge is -1.95. The Morgan fingerprint density at radius 1 is 1.31 bits per heavy atom. The van der Waals surface area contributed by atoms with Crippen molar-refractivity contribution in [1.29, 1.82) is 0 Å². The Morgan fingerprint density at radius 2 is 2.08 bits per heavy atom. The molecule has 1 aromatic heterocycles. The third-order valence-corrected chi connectivity index (χ3v) is 2.31. The van der Waals surface area contributed by atoms with E-state index in [0.29, 0.717) is 10.6 Å². The maximum absolute atomic E-state index is 13.2. The van der Waals surface area contributed by atoms with Gasteiger partial charge in [-0.15, -0.1) is 0 Å². The van der Waals surface area contributed by atoms with Gasteiger partial charge in [-0.05, 0) is 23.7 Å². The number of aromatic nitrogens is 2. The zero-order valence-electron chi connectivity index (χ0n) is 6.57. The smallest absolute Gasteiger partial charge is 0.232 e. The zero-order chi connectivity index (χ0) is 9.26. The highest BCUT2D eigenvalue weighted by atomic mass is 32.1. The Labute approximate surface area is 78.2 Å². The number of rotatable bonds is 1. The van der Waals surface area contributed by atoms with Crippen LogP contribution in [0.3, 0.4) is 0 Å². The second kappa shape index (κ2) is 3.10. The Balaban J connectivity index is 2.52. The minimum atomic E-state index is -0.307. The molecule has 3 nitrogen and oxygen atoms in total. The molecular formula is C8H6FN3S. The highest BCUT2D eigenvalue weighted by Gasteiger charge is 2.08. The summed E-state index contributed by atoms with van der Waals surface area (Å²) in [6, 6.07) is 6.40. The number of halogens is 1. The quantitative estimate of drug-likeness (QED) is 0.756. The number of hydrogen-bond acceptors (Lipinski definition) is 4. The Kier molecular flexibility index (Phi) is 1.94. The summed E-state index contributed by atoms with van der Waals surface area (Å²) in [6.45, 7) is 0. The van der Waals surface area contributed by atoms with Gasteiger partial charge in [-0.1, -0.05) is 12.1 Å². The topological polar surface area (TPSA) is 51.8 Å². The second-order valence-electron chi connectivity index (χ2n) is 2.44. The van der Waals surface area contributed by atoms with Crippen LogP contribution in [0.5, 0.6) is 0 Å². The molecule has 0 saturated carbocycles. The summed E-state index contributed by atoms with van der Waals surface area (Å²) in [5.74, 6) is -0.123. The lowest BCUT2D eigenvalue weighted by atomic mass is 10.2. The molecule has 0 aliphatic rings. The van der Waals surface area contributed by atoms with Crippen LogP contribution in [0.4, 0.5) is 10.3 Å². The van der Waals surface area contributed by atoms with Crippen molar-refractivity contribution in [2.24, 2.45) is 0 Å². The van der Waals surface area contributed by atoms with E-state index in [1.165, 1.54) is 6.07 Å². The number of nitrogen functional groups attached to an aromatic ring is 1. The van der Waals surface area contributed by atoms with E-state index in [9.17, 15) is 4.39 Å².